The lowest BCUT2D eigenvalue weighted by Crippen LogP contribution is -2.35. The summed E-state index contributed by atoms with van der Waals surface area (Å²) in [5, 5.41) is 0. The summed E-state index contributed by atoms with van der Waals surface area (Å²) in [6.07, 6.45) is 8.76. The normalized spacial score (nSPS) is 11.2. The zero-order valence-corrected chi connectivity index (χ0v) is 55.4. The number of hydrogen-bond acceptors (Lipinski definition) is 12. The molecule has 12 heterocycles. The van der Waals surface area contributed by atoms with Crippen molar-refractivity contribution in [2.45, 2.75) is 171 Å². The molecule has 0 fully saturated rings. The van der Waals surface area contributed by atoms with Gasteiger partial charge in [0.15, 0.2) is 34.7 Å². The molecule has 24 heteroatoms. The molecule has 12 rings (SSSR count). The number of hydrogen-bond donors (Lipinski definition) is 0. The predicted molar refractivity (Wildman–Crippen MR) is 328 cm³/mol. The number of aromatic nitrogens is 24. The molecule has 0 aliphatic heterocycles. The smallest absolute Gasteiger partial charge is 0.259 e. The van der Waals surface area contributed by atoms with Crippen LogP contribution in [0.5, 0.6) is 0 Å². The standard InChI is InChI=1S/2C11H17N4.3C10H15N4.C9H13N4/c1-6-15-9(4)14(5)10-7(2)12-8(3)13-11(10)15;1-6-15-9(4)14(5)10-11(15)13-8(3)7(2)12-10;1-5-14-8(3)13(4)9-7(2)11-6-12-10(9)14;1-5-14-8(3)13(4)9-6-11-7(2)12-10(9)14;1-5-14-8(3)13(4)9-10(14)12-7(2)6-11-9;1-4-13-7(2)12(3)8-5-10-6-11-9(8)13/h2*6H2,1-5H3;3*6H,5H2,1-4H3;5-6H,4H2,1-3H3/q6*+1. The molecule has 0 saturated heterocycles. The molecule has 85 heavy (non-hydrogen) atoms. The Morgan fingerprint density at radius 3 is 1.38 bits per heavy atom. The van der Waals surface area contributed by atoms with E-state index >= 15 is 0 Å². The first kappa shape index (κ1) is 63.9. The third-order valence-electron chi connectivity index (χ3n) is 16.5. The molecule has 0 aromatic carbocycles. The number of fused-ring (bicyclic) bond motifs is 6. The van der Waals surface area contributed by atoms with Crippen LogP contribution in [0.4, 0.5) is 0 Å². The van der Waals surface area contributed by atoms with Gasteiger partial charge in [0.1, 0.15) is 11.9 Å². The minimum atomic E-state index is 0.824. The molecule has 450 valence electrons. The Hall–Kier alpha value is -8.70. The summed E-state index contributed by atoms with van der Waals surface area (Å²) in [7, 11) is 12.3. The molecule has 0 saturated carbocycles. The molecule has 0 N–H and O–H groups in total. The molecule has 0 radical (unpaired) electrons. The average Bonchev–Trinajstić information content (AvgIpc) is 4.02. The third kappa shape index (κ3) is 12.2. The SMILES string of the molecule is CC[n+]1c(C)n(C)c2c(C)nc(C)nc21.CC[n+]1c(C)n(C)c2c(C)ncnc21.CC[n+]1c(C)n(C)c2cnc(C)nc21.CC[n+]1c(C)n(C)c2cncnc21.CCn1c(C)[n+](C)c2nc(C)c(C)nc21.CCn1c(C)[n+](C)c2ncc(C)nc21. The third-order valence-corrected chi connectivity index (χ3v) is 16.5. The van der Waals surface area contributed by atoms with Gasteiger partial charge in [0, 0.05) is 55.4 Å². The Morgan fingerprint density at radius 2 is 0.812 bits per heavy atom. The fourth-order valence-electron chi connectivity index (χ4n) is 11.1. The van der Waals surface area contributed by atoms with Crippen LogP contribution in [0.25, 0.3) is 67.2 Å². The van der Waals surface area contributed by atoms with Gasteiger partial charge in [0.2, 0.25) is 46.6 Å². The topological polar surface area (TPSA) is 208 Å². The fourth-order valence-corrected chi connectivity index (χ4v) is 11.1. The molecular formula is C61H92N24+6. The molecule has 0 atom stereocenters. The van der Waals surface area contributed by atoms with Crippen molar-refractivity contribution in [1.29, 1.82) is 0 Å². The van der Waals surface area contributed by atoms with Crippen LogP contribution >= 0.6 is 0 Å². The Morgan fingerprint density at radius 1 is 0.353 bits per heavy atom. The van der Waals surface area contributed by atoms with Gasteiger partial charge in [-0.1, -0.05) is 19.9 Å². The van der Waals surface area contributed by atoms with Gasteiger partial charge in [-0.3, -0.25) is 18.3 Å². The van der Waals surface area contributed by atoms with Crippen LogP contribution < -0.4 is 27.4 Å². The van der Waals surface area contributed by atoms with E-state index in [9.17, 15) is 0 Å². The maximum absolute atomic E-state index is 4.61. The number of nitrogens with zero attached hydrogens (tertiary/aromatic N) is 24. The Bertz CT molecular complexity index is 4290. The van der Waals surface area contributed by atoms with Gasteiger partial charge in [-0.25, -0.2) is 66.4 Å². The van der Waals surface area contributed by atoms with E-state index in [0.717, 1.165) is 147 Å². The Kier molecular flexibility index (Phi) is 19.9. The monoisotopic (exact) mass is 1160 g/mol. The lowest BCUT2D eigenvalue weighted by Gasteiger charge is -1.95. The zero-order chi connectivity index (χ0) is 62.6. The zero-order valence-electron chi connectivity index (χ0n) is 55.4. The highest BCUT2D eigenvalue weighted by atomic mass is 15.3. The van der Waals surface area contributed by atoms with Gasteiger partial charge in [-0.2, -0.15) is 0 Å². The van der Waals surface area contributed by atoms with E-state index in [2.05, 4.69) is 212 Å². The molecule has 24 nitrogen and oxygen atoms in total. The van der Waals surface area contributed by atoms with E-state index in [1.165, 1.54) is 34.9 Å². The molecule has 0 bridgehead atoms. The van der Waals surface area contributed by atoms with E-state index in [1.807, 2.05) is 95.2 Å². The lowest BCUT2D eigenvalue weighted by molar-refractivity contribution is -0.676. The molecule has 12 aromatic heterocycles. The first-order chi connectivity index (χ1) is 40.3. The maximum Gasteiger partial charge on any atom is 0.322 e. The number of imidazole rings is 6. The molecule has 12 aromatic rings. The van der Waals surface area contributed by atoms with Crippen molar-refractivity contribution in [2.24, 2.45) is 42.3 Å². The quantitative estimate of drug-likeness (QED) is 0.185. The second-order valence-corrected chi connectivity index (χ2v) is 21.3. The molecule has 0 aliphatic carbocycles. The summed E-state index contributed by atoms with van der Waals surface area (Å²) < 4.78 is 25.9. The van der Waals surface area contributed by atoms with Gasteiger partial charge in [-0.05, 0) is 76.2 Å². The van der Waals surface area contributed by atoms with Crippen LogP contribution in [-0.4, -0.2) is 87.2 Å². The highest BCUT2D eigenvalue weighted by Gasteiger charge is 2.25. The molecule has 0 amide bonds. The van der Waals surface area contributed by atoms with E-state index in [0.29, 0.717) is 0 Å². The largest absolute Gasteiger partial charge is 0.322 e. The van der Waals surface area contributed by atoms with Crippen molar-refractivity contribution in [2.75, 3.05) is 0 Å². The van der Waals surface area contributed by atoms with Crippen molar-refractivity contribution in [3.8, 4) is 0 Å². The highest BCUT2D eigenvalue weighted by Crippen LogP contribution is 2.17. The summed E-state index contributed by atoms with van der Waals surface area (Å²) in [4.78, 5) is 52.5. The van der Waals surface area contributed by atoms with Crippen molar-refractivity contribution in [1.82, 2.24) is 87.2 Å². The van der Waals surface area contributed by atoms with Crippen molar-refractivity contribution < 1.29 is 27.4 Å². The van der Waals surface area contributed by atoms with E-state index < -0.39 is 0 Å². The molecule has 0 unspecified atom stereocenters. The Balaban J connectivity index is 0.000000146. The van der Waals surface area contributed by atoms with Crippen LogP contribution in [-0.2, 0) is 81.6 Å². The van der Waals surface area contributed by atoms with Crippen LogP contribution in [0.15, 0.2) is 31.2 Å². The summed E-state index contributed by atoms with van der Waals surface area (Å²) in [5.41, 5.74) is 17.5. The van der Waals surface area contributed by atoms with Gasteiger partial charge < -0.3 is 0 Å². The van der Waals surface area contributed by atoms with Gasteiger partial charge in [-0.15, -0.1) is 9.97 Å². The van der Waals surface area contributed by atoms with E-state index in [-0.39, 0.29) is 0 Å². The average molecular weight is 1160 g/mol. The second-order valence-electron chi connectivity index (χ2n) is 21.3. The van der Waals surface area contributed by atoms with Crippen molar-refractivity contribution in [3.05, 3.63) is 106 Å². The van der Waals surface area contributed by atoms with Crippen LogP contribution in [0.3, 0.4) is 0 Å². The summed E-state index contributed by atoms with van der Waals surface area (Å²) in [6, 6.07) is 0. The Labute approximate surface area is 499 Å². The lowest BCUT2D eigenvalue weighted by atomic mass is 10.3. The summed E-state index contributed by atoms with van der Waals surface area (Å²) in [6.45, 7) is 44.9. The molecule has 0 spiro atoms. The summed E-state index contributed by atoms with van der Waals surface area (Å²) in [5.74, 6) is 8.89. The molecule has 0 aliphatic rings. The number of rotatable bonds is 6. The number of aryl methyl sites for hydroxylation is 19. The minimum Gasteiger partial charge on any atom is -0.259 e. The van der Waals surface area contributed by atoms with Gasteiger partial charge in [0.05, 0.1) is 117 Å². The van der Waals surface area contributed by atoms with Crippen molar-refractivity contribution in [3.63, 3.8) is 0 Å². The van der Waals surface area contributed by atoms with E-state index in [1.54, 1.807) is 12.7 Å². The maximum atomic E-state index is 4.61. The fraction of sp³-hybridized carbons (Fsp3) is 0.508. The van der Waals surface area contributed by atoms with Gasteiger partial charge in [0.25, 0.3) is 11.3 Å². The highest BCUT2D eigenvalue weighted by molar-refractivity contribution is 5.71. The van der Waals surface area contributed by atoms with Crippen LogP contribution in [0.1, 0.15) is 117 Å². The first-order valence-electron chi connectivity index (χ1n) is 29.4. The first-order valence-corrected chi connectivity index (χ1v) is 29.4. The molecular weight excluding hydrogens is 1070 g/mol. The predicted octanol–water partition coefficient (Wildman–Crippen LogP) is 5.66. The van der Waals surface area contributed by atoms with E-state index in [4.69, 9.17) is 0 Å². The minimum absolute atomic E-state index is 0.824. The van der Waals surface area contributed by atoms with Crippen molar-refractivity contribution >= 4 is 67.2 Å². The van der Waals surface area contributed by atoms with Crippen LogP contribution in [0, 0.1) is 90.0 Å². The summed E-state index contributed by atoms with van der Waals surface area (Å²) >= 11 is 0. The van der Waals surface area contributed by atoms with Crippen LogP contribution in [0.2, 0.25) is 0 Å². The second kappa shape index (κ2) is 26.5. The van der Waals surface area contributed by atoms with Gasteiger partial charge >= 0.3 is 33.9 Å².